The Bertz CT molecular complexity index is 2440. The lowest BCUT2D eigenvalue weighted by Crippen LogP contribution is -2.51. The first-order valence-corrected chi connectivity index (χ1v) is 42.4. The third-order valence-corrected chi connectivity index (χ3v) is 26.8. The number of carbonyl (C=O) groups excluding carboxylic acids is 6. The van der Waals surface area contributed by atoms with E-state index >= 15 is 0 Å². The van der Waals surface area contributed by atoms with Crippen molar-refractivity contribution >= 4 is 35.8 Å². The fraction of sp³-hybridized carbons (Fsp3) is 0.933. The topological polar surface area (TPSA) is 158 Å². The number of rotatable bonds is 25. The Hall–Kier alpha value is -3.18. The van der Waals surface area contributed by atoms with Crippen LogP contribution in [0, 0.1) is 49.2 Å². The molecule has 0 N–H and O–H groups in total. The molecule has 0 aliphatic heterocycles. The molecular weight excluding hydrogens is 1270 g/mol. The lowest BCUT2D eigenvalue weighted by atomic mass is 9.65. The van der Waals surface area contributed by atoms with Crippen molar-refractivity contribution < 1.29 is 57.2 Å². The van der Waals surface area contributed by atoms with E-state index in [1.165, 1.54) is 122 Å². The molecule has 6 aliphatic rings. The monoisotopic (exact) mass is 1440 g/mol. The summed E-state index contributed by atoms with van der Waals surface area (Å²) in [6.45, 7) is 60.1. The summed E-state index contributed by atoms with van der Waals surface area (Å²) < 4.78 is 35.6. The van der Waals surface area contributed by atoms with Crippen LogP contribution in [0.4, 0.5) is 0 Å². The van der Waals surface area contributed by atoms with Gasteiger partial charge in [0.05, 0.1) is 32.5 Å². The predicted molar refractivity (Wildman–Crippen MR) is 425 cm³/mol. The number of ether oxygens (including phenoxy) is 6. The van der Waals surface area contributed by atoms with Crippen molar-refractivity contribution in [3.63, 3.8) is 0 Å². The number of hydrogen-bond acceptors (Lipinski definition) is 12. The molecule has 0 spiro atoms. The van der Waals surface area contributed by atoms with Gasteiger partial charge in [0.1, 0.15) is 33.6 Å². The molecule has 0 aromatic rings. The molecule has 102 heavy (non-hydrogen) atoms. The van der Waals surface area contributed by atoms with Gasteiger partial charge in [-0.3, -0.25) is 28.8 Å². The van der Waals surface area contributed by atoms with Crippen LogP contribution in [-0.4, -0.2) is 69.4 Å². The highest BCUT2D eigenvalue weighted by Gasteiger charge is 2.51. The fourth-order valence-electron chi connectivity index (χ4n) is 14.3. The van der Waals surface area contributed by atoms with Crippen LogP contribution in [0.3, 0.4) is 0 Å². The Labute approximate surface area is 630 Å². The highest BCUT2D eigenvalue weighted by atomic mass is 16.6. The minimum Gasteiger partial charge on any atom is -0.459 e. The lowest BCUT2D eigenvalue weighted by molar-refractivity contribution is -0.192. The third-order valence-electron chi connectivity index (χ3n) is 26.8. The summed E-state index contributed by atoms with van der Waals surface area (Å²) in [7, 11) is 0. The molecule has 0 saturated heterocycles. The van der Waals surface area contributed by atoms with Gasteiger partial charge in [-0.05, 0) is 314 Å². The molecule has 0 bridgehead atoms. The number of hydrogen-bond donors (Lipinski definition) is 0. The molecule has 12 nitrogen and oxygen atoms in total. The number of esters is 6. The van der Waals surface area contributed by atoms with E-state index in [4.69, 9.17) is 28.4 Å². The van der Waals surface area contributed by atoms with E-state index in [0.29, 0.717) is 5.92 Å². The second-order valence-corrected chi connectivity index (χ2v) is 38.7. The van der Waals surface area contributed by atoms with Gasteiger partial charge in [0.25, 0.3) is 0 Å². The van der Waals surface area contributed by atoms with E-state index in [-0.39, 0.29) is 113 Å². The normalized spacial score (nSPS) is 20.3. The molecule has 6 fully saturated rings. The van der Waals surface area contributed by atoms with Crippen LogP contribution >= 0.6 is 0 Å². The lowest BCUT2D eigenvalue weighted by Gasteiger charge is -2.49. The minimum absolute atomic E-state index is 0.00185. The highest BCUT2D eigenvalue weighted by molar-refractivity contribution is 5.78. The summed E-state index contributed by atoms with van der Waals surface area (Å²) >= 11 is 0. The summed E-state index contributed by atoms with van der Waals surface area (Å²) in [5.74, 6) is 0.307. The van der Waals surface area contributed by atoms with Crippen LogP contribution in [-0.2, 0) is 57.2 Å². The van der Waals surface area contributed by atoms with Gasteiger partial charge < -0.3 is 28.4 Å². The molecule has 0 heterocycles. The average molecular weight is 1440 g/mol. The van der Waals surface area contributed by atoms with Crippen LogP contribution in [0.5, 0.6) is 0 Å². The van der Waals surface area contributed by atoms with Gasteiger partial charge in [-0.25, -0.2) is 0 Å². The van der Waals surface area contributed by atoms with Gasteiger partial charge in [0, 0.05) is 10.8 Å². The zero-order chi connectivity index (χ0) is 78.6. The Morgan fingerprint density at radius 1 is 0.304 bits per heavy atom. The highest BCUT2D eigenvalue weighted by Crippen LogP contribution is 2.50. The number of carbonyl (C=O) groups is 6. The van der Waals surface area contributed by atoms with Crippen molar-refractivity contribution in [2.24, 2.45) is 49.2 Å². The summed E-state index contributed by atoms with van der Waals surface area (Å²) in [6, 6.07) is 0. The molecule has 6 aliphatic carbocycles. The first kappa shape index (κ1) is 96.8. The maximum absolute atomic E-state index is 12.5. The van der Waals surface area contributed by atoms with Gasteiger partial charge >= 0.3 is 35.8 Å². The van der Waals surface area contributed by atoms with Crippen LogP contribution in [0.25, 0.3) is 0 Å². The molecule has 6 saturated carbocycles. The van der Waals surface area contributed by atoms with Gasteiger partial charge in [-0.15, -0.1) is 0 Å². The molecule has 0 amide bonds. The van der Waals surface area contributed by atoms with E-state index in [2.05, 4.69) is 90.0 Å². The first-order valence-electron chi connectivity index (χ1n) is 42.4. The van der Waals surface area contributed by atoms with Gasteiger partial charge in [0.15, 0.2) is 0 Å². The summed E-state index contributed by atoms with van der Waals surface area (Å²) in [4.78, 5) is 73.4. The maximum Gasteiger partial charge on any atom is 0.312 e. The molecular formula is C90H168O12. The molecule has 6 rings (SSSR count). The summed E-state index contributed by atoms with van der Waals surface area (Å²) in [5, 5.41) is 0. The van der Waals surface area contributed by atoms with Gasteiger partial charge in [-0.1, -0.05) is 149 Å². The van der Waals surface area contributed by atoms with Crippen molar-refractivity contribution in [3.05, 3.63) is 0 Å². The van der Waals surface area contributed by atoms with Crippen molar-refractivity contribution in [2.75, 3.05) is 0 Å². The van der Waals surface area contributed by atoms with Crippen LogP contribution in [0.2, 0.25) is 0 Å². The van der Waals surface area contributed by atoms with Crippen LogP contribution < -0.4 is 0 Å². The Balaban J connectivity index is 0.000000613. The van der Waals surface area contributed by atoms with Crippen molar-refractivity contribution in [2.45, 2.75) is 491 Å². The average Bonchev–Trinajstić information content (AvgIpc) is 0.932. The van der Waals surface area contributed by atoms with Gasteiger partial charge in [0.2, 0.25) is 0 Å². The Kier molecular flexibility index (Phi) is 39.8. The van der Waals surface area contributed by atoms with E-state index in [1.54, 1.807) is 0 Å². The van der Waals surface area contributed by atoms with E-state index in [0.717, 1.165) is 135 Å². The second kappa shape index (κ2) is 42.0. The Morgan fingerprint density at radius 3 is 0.882 bits per heavy atom. The van der Waals surface area contributed by atoms with E-state index in [9.17, 15) is 28.8 Å². The number of unbranched alkanes of at least 4 members (excludes halogenated alkanes) is 1. The largest absolute Gasteiger partial charge is 0.459 e. The zero-order valence-electron chi connectivity index (χ0n) is 72.8. The van der Waals surface area contributed by atoms with E-state index < -0.39 is 0 Å². The van der Waals surface area contributed by atoms with Crippen LogP contribution in [0.15, 0.2) is 0 Å². The first-order chi connectivity index (χ1) is 47.0. The van der Waals surface area contributed by atoms with Crippen molar-refractivity contribution in [3.8, 4) is 0 Å². The standard InChI is InChI=1S/C17H32O2.C16H30O2.2C15H28O2.C14H26O2.C13H24O2/c1-7-15(3,4)14(18)19-17(16(5,6)8-2)12-10-9-11-13-17;1-7-15(5,6)13(17)18-16(14(2,3)4)11-9-8-10-12-16;1-6-14(4,5)13(16)17-15(12(2)3)10-8-7-9-11-15;1-5-7-10-15(11-8-9-12-15)17-13(16)14(3,4)6-2;1-5-13(3,4)12(15)16-14(6-2)10-8-7-9-11-14;1-5-12(2,3)11(14)15-13(4)9-7-6-8-10-13/h7-13H2,1-6H3;7-12H2,1-6H3;12H,6-11H2,1-5H3;5-12H2,1-4H3;5-11H2,1-4H3;5-10H2,1-4H3. The molecule has 0 radical (unpaired) electrons. The molecule has 0 unspecified atom stereocenters. The van der Waals surface area contributed by atoms with Crippen LogP contribution in [0.1, 0.15) is 458 Å². The molecule has 0 aromatic carbocycles. The summed E-state index contributed by atoms with van der Waals surface area (Å²) in [5.41, 5.74) is -3.16. The molecule has 0 atom stereocenters. The molecule has 12 heteroatoms. The predicted octanol–water partition coefficient (Wildman–Crippen LogP) is 26.4. The quantitative estimate of drug-likeness (QED) is 0.0630. The molecule has 600 valence electrons. The SMILES string of the molecule is CCC(C)(C)C(=O)OC1(C(C)(C)C)CCCCC1.CCC(C)(C)C(=O)OC1(C(C)(C)CC)CCCCC1.CCC(C)(C)C(=O)OC1(C(C)C)CCCCC1.CCC(C)(C)C(=O)OC1(C)CCCCC1.CCC1(OC(=O)C(C)(C)CC)CCCCC1.CCCCC1(OC(=O)C(C)(C)CC)CCCC1. The Morgan fingerprint density at radius 2 is 0.569 bits per heavy atom. The zero-order valence-corrected chi connectivity index (χ0v) is 72.8. The third kappa shape index (κ3) is 29.1. The van der Waals surface area contributed by atoms with Gasteiger partial charge in [-0.2, -0.15) is 0 Å². The van der Waals surface area contributed by atoms with Crippen molar-refractivity contribution in [1.82, 2.24) is 0 Å². The van der Waals surface area contributed by atoms with E-state index in [1.807, 2.05) is 111 Å². The second-order valence-electron chi connectivity index (χ2n) is 38.7. The van der Waals surface area contributed by atoms with Crippen molar-refractivity contribution in [1.29, 1.82) is 0 Å². The summed E-state index contributed by atoms with van der Waals surface area (Å²) in [6.07, 6.45) is 43.6. The fourth-order valence-corrected chi connectivity index (χ4v) is 14.3. The molecule has 0 aromatic heterocycles. The smallest absolute Gasteiger partial charge is 0.312 e. The maximum atomic E-state index is 12.5. The minimum atomic E-state index is -0.367.